The summed E-state index contributed by atoms with van der Waals surface area (Å²) in [5, 5.41) is 1.82. The largest absolute Gasteiger partial charge is 0.472 e. The molecule has 3 heterocycles. The number of halogens is 3. The summed E-state index contributed by atoms with van der Waals surface area (Å²) in [7, 11) is 0. The minimum Gasteiger partial charge on any atom is -0.472 e. The molecule has 0 radical (unpaired) electrons. The van der Waals surface area contributed by atoms with Crippen LogP contribution in [-0.2, 0) is 6.18 Å². The van der Waals surface area contributed by atoms with Gasteiger partial charge < -0.3 is 9.64 Å². The summed E-state index contributed by atoms with van der Waals surface area (Å²) in [6.45, 7) is 0.856. The molecule has 1 atom stereocenters. The van der Waals surface area contributed by atoms with Crippen LogP contribution in [0.15, 0.2) is 35.8 Å². The van der Waals surface area contributed by atoms with Crippen molar-refractivity contribution < 1.29 is 22.7 Å². The van der Waals surface area contributed by atoms with Gasteiger partial charge in [0.2, 0.25) is 5.88 Å². The van der Waals surface area contributed by atoms with E-state index >= 15 is 0 Å². The van der Waals surface area contributed by atoms with Gasteiger partial charge in [-0.15, -0.1) is 11.3 Å². The Morgan fingerprint density at radius 3 is 2.91 bits per heavy atom. The molecule has 23 heavy (non-hydrogen) atoms. The number of nitrogens with zero attached hydrogens (tertiary/aromatic N) is 2. The highest BCUT2D eigenvalue weighted by molar-refractivity contribution is 7.12. The van der Waals surface area contributed by atoms with Crippen molar-refractivity contribution >= 4 is 17.2 Å². The van der Waals surface area contributed by atoms with E-state index in [0.717, 1.165) is 18.3 Å². The van der Waals surface area contributed by atoms with Gasteiger partial charge in [-0.3, -0.25) is 4.79 Å². The summed E-state index contributed by atoms with van der Waals surface area (Å²) < 4.78 is 43.5. The SMILES string of the molecule is O=C(c1cccs1)N1CC[C@@H](Oc2cc(C(F)(F)F)ccn2)C1. The zero-order valence-electron chi connectivity index (χ0n) is 11.9. The number of carbonyl (C=O) groups is 1. The first kappa shape index (κ1) is 15.8. The molecule has 1 aliphatic heterocycles. The lowest BCUT2D eigenvalue weighted by molar-refractivity contribution is -0.137. The van der Waals surface area contributed by atoms with Crippen LogP contribution in [0.5, 0.6) is 5.88 Å². The Labute approximate surface area is 134 Å². The third-order valence-electron chi connectivity index (χ3n) is 3.51. The summed E-state index contributed by atoms with van der Waals surface area (Å²) in [4.78, 5) is 18.3. The number of thiophene rings is 1. The fourth-order valence-corrected chi connectivity index (χ4v) is 3.08. The van der Waals surface area contributed by atoms with Gasteiger partial charge in [0.15, 0.2) is 0 Å². The molecule has 0 saturated carbocycles. The lowest BCUT2D eigenvalue weighted by atomic mass is 10.2. The molecule has 3 rings (SSSR count). The van der Waals surface area contributed by atoms with Crippen molar-refractivity contribution in [2.24, 2.45) is 0 Å². The van der Waals surface area contributed by atoms with Crippen molar-refractivity contribution in [2.75, 3.05) is 13.1 Å². The second-order valence-electron chi connectivity index (χ2n) is 5.14. The summed E-state index contributed by atoms with van der Waals surface area (Å²) in [5.74, 6) is -0.154. The summed E-state index contributed by atoms with van der Waals surface area (Å²) >= 11 is 1.36. The number of alkyl halides is 3. The fourth-order valence-electron chi connectivity index (χ4n) is 2.39. The van der Waals surface area contributed by atoms with Crippen LogP contribution in [0, 0.1) is 0 Å². The Kier molecular flexibility index (Phi) is 4.25. The summed E-state index contributed by atoms with van der Waals surface area (Å²) in [6, 6.07) is 5.32. The van der Waals surface area contributed by atoms with Gasteiger partial charge in [0.05, 0.1) is 17.0 Å². The van der Waals surface area contributed by atoms with Crippen molar-refractivity contribution in [3.05, 3.63) is 46.3 Å². The van der Waals surface area contributed by atoms with Crippen LogP contribution in [0.25, 0.3) is 0 Å². The van der Waals surface area contributed by atoms with Crippen molar-refractivity contribution in [3.63, 3.8) is 0 Å². The second kappa shape index (κ2) is 6.19. The van der Waals surface area contributed by atoms with Crippen molar-refractivity contribution in [1.29, 1.82) is 0 Å². The molecule has 0 aliphatic carbocycles. The molecular weight excluding hydrogens is 329 g/mol. The maximum atomic E-state index is 12.7. The topological polar surface area (TPSA) is 42.4 Å². The van der Waals surface area contributed by atoms with Crippen LogP contribution >= 0.6 is 11.3 Å². The van der Waals surface area contributed by atoms with Crippen molar-refractivity contribution in [3.8, 4) is 5.88 Å². The molecule has 0 spiro atoms. The lowest BCUT2D eigenvalue weighted by Crippen LogP contribution is -2.30. The minimum atomic E-state index is -4.43. The van der Waals surface area contributed by atoms with E-state index in [4.69, 9.17) is 4.74 Å². The van der Waals surface area contributed by atoms with Gasteiger partial charge in [-0.25, -0.2) is 4.98 Å². The minimum absolute atomic E-state index is 0.0738. The van der Waals surface area contributed by atoms with E-state index in [1.54, 1.807) is 17.0 Å². The third-order valence-corrected chi connectivity index (χ3v) is 4.37. The monoisotopic (exact) mass is 342 g/mol. The first-order chi connectivity index (χ1) is 10.9. The van der Waals surface area contributed by atoms with E-state index in [0.29, 0.717) is 24.4 Å². The smallest absolute Gasteiger partial charge is 0.416 e. The van der Waals surface area contributed by atoms with E-state index in [1.807, 2.05) is 5.38 Å². The molecule has 8 heteroatoms. The maximum Gasteiger partial charge on any atom is 0.416 e. The van der Waals surface area contributed by atoms with Gasteiger partial charge in [0.25, 0.3) is 5.91 Å². The molecule has 4 nitrogen and oxygen atoms in total. The molecule has 0 bridgehead atoms. The predicted octanol–water partition coefficient (Wildman–Crippen LogP) is 3.46. The molecule has 122 valence electrons. The quantitative estimate of drug-likeness (QED) is 0.858. The highest BCUT2D eigenvalue weighted by atomic mass is 32.1. The first-order valence-electron chi connectivity index (χ1n) is 6.96. The number of pyridine rings is 1. The molecule has 1 fully saturated rings. The highest BCUT2D eigenvalue weighted by Crippen LogP contribution is 2.31. The number of amides is 1. The Balaban J connectivity index is 1.63. The molecule has 0 aromatic carbocycles. The number of aromatic nitrogens is 1. The Morgan fingerprint density at radius 2 is 2.22 bits per heavy atom. The van der Waals surface area contributed by atoms with Crippen LogP contribution in [0.3, 0.4) is 0 Å². The molecule has 0 unspecified atom stereocenters. The van der Waals surface area contributed by atoms with Crippen LogP contribution in [0.1, 0.15) is 21.7 Å². The molecule has 2 aromatic heterocycles. The zero-order chi connectivity index (χ0) is 16.4. The molecule has 2 aromatic rings. The van der Waals surface area contributed by atoms with Gasteiger partial charge in [-0.05, 0) is 17.5 Å². The molecule has 1 saturated heterocycles. The molecular formula is C15H13F3N2O2S. The molecule has 1 amide bonds. The fraction of sp³-hybridized carbons (Fsp3) is 0.333. The molecule has 1 aliphatic rings. The zero-order valence-corrected chi connectivity index (χ0v) is 12.7. The summed E-state index contributed by atoms with van der Waals surface area (Å²) in [5.41, 5.74) is -0.799. The summed E-state index contributed by atoms with van der Waals surface area (Å²) in [6.07, 6.45) is -3.15. The van der Waals surface area contributed by atoms with Crippen LogP contribution < -0.4 is 4.74 Å². The third kappa shape index (κ3) is 3.64. The normalized spacial score (nSPS) is 18.2. The van der Waals surface area contributed by atoms with E-state index in [-0.39, 0.29) is 17.9 Å². The highest BCUT2D eigenvalue weighted by Gasteiger charge is 2.32. The van der Waals surface area contributed by atoms with Gasteiger partial charge >= 0.3 is 6.18 Å². The average Bonchev–Trinajstić information content (AvgIpc) is 3.17. The number of hydrogen-bond donors (Lipinski definition) is 0. The van der Waals surface area contributed by atoms with Gasteiger partial charge in [0, 0.05) is 25.2 Å². The van der Waals surface area contributed by atoms with E-state index < -0.39 is 11.7 Å². The Morgan fingerprint density at radius 1 is 1.39 bits per heavy atom. The van der Waals surface area contributed by atoms with Gasteiger partial charge in [-0.1, -0.05) is 6.07 Å². The standard InChI is InChI=1S/C15H13F3N2O2S/c16-15(17,18)10-3-5-19-13(8-10)22-11-4-6-20(9-11)14(21)12-2-1-7-23-12/h1-3,5,7-8,11H,4,6,9H2/t11-/m1/s1. The number of carbonyl (C=O) groups excluding carboxylic acids is 1. The number of hydrogen-bond acceptors (Lipinski definition) is 4. The van der Waals surface area contributed by atoms with Crippen LogP contribution in [-0.4, -0.2) is 35.0 Å². The number of rotatable bonds is 3. The Hall–Kier alpha value is -2.09. The van der Waals surface area contributed by atoms with Crippen molar-refractivity contribution in [2.45, 2.75) is 18.7 Å². The van der Waals surface area contributed by atoms with Gasteiger partial charge in [-0.2, -0.15) is 13.2 Å². The number of ether oxygens (including phenoxy) is 1. The predicted molar refractivity (Wildman–Crippen MR) is 78.5 cm³/mol. The lowest BCUT2D eigenvalue weighted by Gasteiger charge is -2.16. The van der Waals surface area contributed by atoms with E-state index in [9.17, 15) is 18.0 Å². The van der Waals surface area contributed by atoms with E-state index in [2.05, 4.69) is 4.98 Å². The Bertz CT molecular complexity index is 688. The van der Waals surface area contributed by atoms with E-state index in [1.165, 1.54) is 11.3 Å². The maximum absolute atomic E-state index is 12.7. The molecule has 0 N–H and O–H groups in total. The van der Waals surface area contributed by atoms with Gasteiger partial charge in [0.1, 0.15) is 6.10 Å². The first-order valence-corrected chi connectivity index (χ1v) is 7.84. The van der Waals surface area contributed by atoms with Crippen LogP contribution in [0.2, 0.25) is 0 Å². The average molecular weight is 342 g/mol. The second-order valence-corrected chi connectivity index (χ2v) is 6.09. The van der Waals surface area contributed by atoms with Crippen LogP contribution in [0.4, 0.5) is 13.2 Å². The van der Waals surface area contributed by atoms with Crippen molar-refractivity contribution in [1.82, 2.24) is 9.88 Å². The number of likely N-dealkylation sites (tertiary alicyclic amines) is 1.